The van der Waals surface area contributed by atoms with Crippen LogP contribution in [0.4, 0.5) is 5.82 Å². The second kappa shape index (κ2) is 3.63. The molecule has 1 saturated heterocycles. The number of nitrogens with two attached hydrogens (primary N) is 1. The van der Waals surface area contributed by atoms with Gasteiger partial charge in [-0.15, -0.1) is 0 Å². The number of ether oxygens (including phenoxy) is 1. The third kappa shape index (κ3) is 1.86. The molecule has 1 aromatic rings. The van der Waals surface area contributed by atoms with Crippen LogP contribution in [-0.4, -0.2) is 26.9 Å². The van der Waals surface area contributed by atoms with E-state index in [0.29, 0.717) is 6.42 Å². The smallest absolute Gasteiger partial charge is 0.351 e. The molecule has 0 amide bonds. The van der Waals surface area contributed by atoms with Crippen molar-refractivity contribution < 1.29 is 9.84 Å². The van der Waals surface area contributed by atoms with Gasteiger partial charge in [-0.3, -0.25) is 4.57 Å². The van der Waals surface area contributed by atoms with E-state index in [1.165, 1.54) is 16.8 Å². The summed E-state index contributed by atoms with van der Waals surface area (Å²) in [6.45, 7) is 1.76. The zero-order chi connectivity index (χ0) is 11.0. The van der Waals surface area contributed by atoms with Crippen LogP contribution in [0, 0.1) is 0 Å². The Labute approximate surface area is 86.3 Å². The van der Waals surface area contributed by atoms with E-state index in [4.69, 9.17) is 10.5 Å². The van der Waals surface area contributed by atoms with Crippen molar-refractivity contribution in [1.29, 1.82) is 0 Å². The molecule has 0 radical (unpaired) electrons. The molecule has 3 N–H and O–H groups in total. The number of rotatable bonds is 1. The van der Waals surface area contributed by atoms with E-state index < -0.39 is 18.0 Å². The molecular formula is C9H13N3O3. The normalized spacial score (nSPS) is 30.7. The maximum absolute atomic E-state index is 11.5. The van der Waals surface area contributed by atoms with Crippen LogP contribution >= 0.6 is 0 Å². The van der Waals surface area contributed by atoms with E-state index in [9.17, 15) is 9.90 Å². The van der Waals surface area contributed by atoms with Gasteiger partial charge in [0.1, 0.15) is 12.0 Å². The summed E-state index contributed by atoms with van der Waals surface area (Å²) in [6, 6.07) is 1.53. The predicted octanol–water partition coefficient (Wildman–Crippen LogP) is -0.506. The first-order valence-electron chi connectivity index (χ1n) is 4.76. The highest BCUT2D eigenvalue weighted by Gasteiger charge is 2.32. The minimum Gasteiger partial charge on any atom is -0.390 e. The van der Waals surface area contributed by atoms with E-state index in [1.54, 1.807) is 6.92 Å². The first-order valence-corrected chi connectivity index (χ1v) is 4.76. The standard InChI is InChI=1S/C9H13N3O3/c1-5-6(13)4-8(15-5)12-3-2-7(10)11-9(12)14/h2-3,5-6,8,13H,4H2,1H3,(H2,10,11,14)/t5-,6-,8-/m1/s1. The molecule has 82 valence electrons. The van der Waals surface area contributed by atoms with Crippen molar-refractivity contribution in [3.63, 3.8) is 0 Å². The molecule has 2 heterocycles. The number of aliphatic hydroxyl groups excluding tert-OH is 1. The van der Waals surface area contributed by atoms with Gasteiger partial charge in [0.2, 0.25) is 0 Å². The number of aromatic nitrogens is 2. The third-order valence-corrected chi connectivity index (χ3v) is 2.52. The third-order valence-electron chi connectivity index (χ3n) is 2.52. The summed E-state index contributed by atoms with van der Waals surface area (Å²) < 4.78 is 6.75. The topological polar surface area (TPSA) is 90.4 Å². The van der Waals surface area contributed by atoms with Crippen LogP contribution in [-0.2, 0) is 4.74 Å². The molecule has 0 saturated carbocycles. The van der Waals surface area contributed by atoms with Crippen LogP contribution in [0.3, 0.4) is 0 Å². The quantitative estimate of drug-likeness (QED) is 0.653. The predicted molar refractivity (Wildman–Crippen MR) is 53.1 cm³/mol. The summed E-state index contributed by atoms with van der Waals surface area (Å²) in [5.41, 5.74) is 4.91. The minimum absolute atomic E-state index is 0.183. The van der Waals surface area contributed by atoms with Gasteiger partial charge in [0.15, 0.2) is 0 Å². The minimum atomic E-state index is -0.542. The first-order chi connectivity index (χ1) is 7.08. The van der Waals surface area contributed by atoms with Crippen LogP contribution in [0.1, 0.15) is 19.6 Å². The van der Waals surface area contributed by atoms with Crippen LogP contribution in [0.15, 0.2) is 17.1 Å². The van der Waals surface area contributed by atoms with Gasteiger partial charge >= 0.3 is 5.69 Å². The van der Waals surface area contributed by atoms with E-state index >= 15 is 0 Å². The zero-order valence-electron chi connectivity index (χ0n) is 8.33. The number of hydrogen-bond donors (Lipinski definition) is 2. The maximum Gasteiger partial charge on any atom is 0.351 e. The summed E-state index contributed by atoms with van der Waals surface area (Å²) in [4.78, 5) is 15.0. The molecule has 3 atom stereocenters. The summed E-state index contributed by atoms with van der Waals surface area (Å²) in [7, 11) is 0. The van der Waals surface area contributed by atoms with Crippen LogP contribution in [0.2, 0.25) is 0 Å². The lowest BCUT2D eigenvalue weighted by molar-refractivity contribution is -0.0100. The Morgan fingerprint density at radius 2 is 2.47 bits per heavy atom. The van der Waals surface area contributed by atoms with Gasteiger partial charge in [0.05, 0.1) is 12.2 Å². The van der Waals surface area contributed by atoms with Crippen molar-refractivity contribution in [3.05, 3.63) is 22.7 Å². The van der Waals surface area contributed by atoms with Crippen molar-refractivity contribution >= 4 is 5.82 Å². The van der Waals surface area contributed by atoms with Crippen molar-refractivity contribution in [1.82, 2.24) is 9.55 Å². The van der Waals surface area contributed by atoms with E-state index in [-0.39, 0.29) is 11.9 Å². The average Bonchev–Trinajstić information content (AvgIpc) is 2.46. The molecule has 1 aromatic heterocycles. The molecule has 0 spiro atoms. The number of aliphatic hydroxyl groups is 1. The van der Waals surface area contributed by atoms with Gasteiger partial charge in [-0.25, -0.2) is 4.79 Å². The summed E-state index contributed by atoms with van der Waals surface area (Å²) in [6.07, 6.45) is 0.668. The van der Waals surface area contributed by atoms with Gasteiger partial charge < -0.3 is 15.6 Å². The molecule has 1 aliphatic rings. The number of anilines is 1. The zero-order valence-corrected chi connectivity index (χ0v) is 8.33. The molecule has 15 heavy (non-hydrogen) atoms. The lowest BCUT2D eigenvalue weighted by atomic mass is 10.2. The SMILES string of the molecule is C[C@H]1O[C@@H](n2ccc(N)nc2=O)C[C@H]1O. The summed E-state index contributed by atoms with van der Waals surface area (Å²) in [5.74, 6) is 0.183. The largest absolute Gasteiger partial charge is 0.390 e. The van der Waals surface area contributed by atoms with E-state index in [0.717, 1.165) is 0 Å². The Morgan fingerprint density at radius 1 is 1.73 bits per heavy atom. The molecule has 6 heteroatoms. The average molecular weight is 211 g/mol. The number of nitrogen functional groups attached to an aromatic ring is 1. The van der Waals surface area contributed by atoms with E-state index in [1.807, 2.05) is 0 Å². The van der Waals surface area contributed by atoms with Gasteiger partial charge in [0, 0.05) is 12.6 Å². The molecule has 2 rings (SSSR count). The molecule has 0 aliphatic carbocycles. The maximum atomic E-state index is 11.5. The monoisotopic (exact) mass is 211 g/mol. The first kappa shape index (κ1) is 10.1. The van der Waals surface area contributed by atoms with Gasteiger partial charge in [-0.2, -0.15) is 4.98 Å². The Kier molecular flexibility index (Phi) is 2.45. The summed E-state index contributed by atoms with van der Waals surface area (Å²) in [5, 5.41) is 9.49. The van der Waals surface area contributed by atoms with Crippen molar-refractivity contribution in [2.75, 3.05) is 5.73 Å². The van der Waals surface area contributed by atoms with Crippen LogP contribution in [0.5, 0.6) is 0 Å². The van der Waals surface area contributed by atoms with Crippen molar-refractivity contribution in [2.45, 2.75) is 31.8 Å². The Morgan fingerprint density at radius 3 is 3.00 bits per heavy atom. The second-order valence-electron chi connectivity index (χ2n) is 3.64. The van der Waals surface area contributed by atoms with Gasteiger partial charge in [0.25, 0.3) is 0 Å². The fraction of sp³-hybridized carbons (Fsp3) is 0.556. The summed E-state index contributed by atoms with van der Waals surface area (Å²) >= 11 is 0. The van der Waals surface area contributed by atoms with Crippen molar-refractivity contribution in [2.24, 2.45) is 0 Å². The van der Waals surface area contributed by atoms with Crippen LogP contribution in [0.25, 0.3) is 0 Å². The van der Waals surface area contributed by atoms with Crippen LogP contribution < -0.4 is 11.4 Å². The molecule has 6 nitrogen and oxygen atoms in total. The molecule has 0 aromatic carbocycles. The number of nitrogens with zero attached hydrogens (tertiary/aromatic N) is 2. The molecule has 0 bridgehead atoms. The van der Waals surface area contributed by atoms with Gasteiger partial charge in [-0.05, 0) is 13.0 Å². The second-order valence-corrected chi connectivity index (χ2v) is 3.64. The fourth-order valence-electron chi connectivity index (χ4n) is 1.62. The molecular weight excluding hydrogens is 198 g/mol. The number of hydrogen-bond acceptors (Lipinski definition) is 5. The Hall–Kier alpha value is -1.40. The fourth-order valence-corrected chi connectivity index (χ4v) is 1.62. The highest BCUT2D eigenvalue weighted by molar-refractivity contribution is 5.23. The highest BCUT2D eigenvalue weighted by atomic mass is 16.5. The van der Waals surface area contributed by atoms with Gasteiger partial charge in [-0.1, -0.05) is 0 Å². The Balaban J connectivity index is 2.28. The molecule has 1 aliphatic heterocycles. The van der Waals surface area contributed by atoms with E-state index in [2.05, 4.69) is 4.98 Å². The molecule has 1 fully saturated rings. The van der Waals surface area contributed by atoms with Crippen molar-refractivity contribution in [3.8, 4) is 0 Å². The highest BCUT2D eigenvalue weighted by Crippen LogP contribution is 2.26. The lowest BCUT2D eigenvalue weighted by Gasteiger charge is -2.12. The molecule has 0 unspecified atom stereocenters. The Bertz CT molecular complexity index is 407. The lowest BCUT2D eigenvalue weighted by Crippen LogP contribution is -2.27.